The summed E-state index contributed by atoms with van der Waals surface area (Å²) in [6, 6.07) is 0.720. The van der Waals surface area contributed by atoms with Crippen molar-refractivity contribution in [2.24, 2.45) is 0 Å². The summed E-state index contributed by atoms with van der Waals surface area (Å²) in [6.45, 7) is 8.04. The van der Waals surface area contributed by atoms with E-state index < -0.39 is 0 Å². The molecule has 0 bridgehead atoms. The lowest BCUT2D eigenvalue weighted by Gasteiger charge is -2.23. The van der Waals surface area contributed by atoms with Crippen LogP contribution in [0.25, 0.3) is 0 Å². The predicted octanol–water partition coefficient (Wildman–Crippen LogP) is 2.78. The smallest absolute Gasteiger partial charge is 0.221 e. The van der Waals surface area contributed by atoms with Gasteiger partial charge >= 0.3 is 0 Å². The molecule has 4 heteroatoms. The van der Waals surface area contributed by atoms with E-state index in [0.29, 0.717) is 12.5 Å². The van der Waals surface area contributed by atoms with E-state index in [1.54, 1.807) is 0 Å². The number of aromatic nitrogens is 1. The Bertz CT molecular complexity index is 465. The van der Waals surface area contributed by atoms with Crippen molar-refractivity contribution in [3.63, 3.8) is 0 Å². The Morgan fingerprint density at radius 2 is 2.24 bits per heavy atom. The highest BCUT2D eigenvalue weighted by atomic mass is 16.1. The monoisotopic (exact) mass is 291 g/mol. The van der Waals surface area contributed by atoms with E-state index in [-0.39, 0.29) is 11.9 Å². The molecule has 0 spiro atoms. The second-order valence-corrected chi connectivity index (χ2v) is 6.35. The van der Waals surface area contributed by atoms with Gasteiger partial charge in [-0.3, -0.25) is 4.79 Å². The third kappa shape index (κ3) is 4.60. The van der Waals surface area contributed by atoms with Crippen LogP contribution in [0.5, 0.6) is 0 Å². The van der Waals surface area contributed by atoms with Crippen LogP contribution in [0.15, 0.2) is 12.4 Å². The molecule has 2 N–H and O–H groups in total. The number of hydrogen-bond acceptors (Lipinski definition) is 2. The molecule has 1 aliphatic rings. The standard InChI is InChI=1S/C17H29N3O/c1-4-9-18-16-7-5-6-14-11-20(12-15(14)16)10-8-17(21)19-13(2)3/h11-13,16,18H,4-10H2,1-3H3,(H,19,21). The van der Waals surface area contributed by atoms with Crippen LogP contribution >= 0.6 is 0 Å². The summed E-state index contributed by atoms with van der Waals surface area (Å²) in [4.78, 5) is 11.7. The van der Waals surface area contributed by atoms with Gasteiger partial charge in [-0.1, -0.05) is 6.92 Å². The molecule has 0 radical (unpaired) electrons. The first-order valence-corrected chi connectivity index (χ1v) is 8.31. The Balaban J connectivity index is 1.94. The van der Waals surface area contributed by atoms with Gasteiger partial charge in [0.15, 0.2) is 0 Å². The first-order chi connectivity index (χ1) is 10.1. The molecule has 1 aromatic rings. The van der Waals surface area contributed by atoms with Gasteiger partial charge in [-0.15, -0.1) is 0 Å². The fourth-order valence-electron chi connectivity index (χ4n) is 3.03. The summed E-state index contributed by atoms with van der Waals surface area (Å²) in [7, 11) is 0. The fourth-order valence-corrected chi connectivity index (χ4v) is 3.03. The summed E-state index contributed by atoms with van der Waals surface area (Å²) in [5.74, 6) is 0.136. The Hall–Kier alpha value is -1.29. The Labute approximate surface area is 128 Å². The topological polar surface area (TPSA) is 46.1 Å². The molecule has 4 nitrogen and oxygen atoms in total. The first-order valence-electron chi connectivity index (χ1n) is 8.31. The van der Waals surface area contributed by atoms with Crippen LogP contribution in [0.3, 0.4) is 0 Å². The number of fused-ring (bicyclic) bond motifs is 1. The van der Waals surface area contributed by atoms with Crippen molar-refractivity contribution in [1.29, 1.82) is 0 Å². The lowest BCUT2D eigenvalue weighted by molar-refractivity contribution is -0.121. The summed E-state index contributed by atoms with van der Waals surface area (Å²) in [5.41, 5.74) is 2.90. The number of carbonyl (C=O) groups is 1. The zero-order valence-electron chi connectivity index (χ0n) is 13.6. The summed E-state index contributed by atoms with van der Waals surface area (Å²) >= 11 is 0. The van der Waals surface area contributed by atoms with Gasteiger partial charge in [-0.2, -0.15) is 0 Å². The molecule has 2 rings (SSSR count). The normalized spacial score (nSPS) is 17.8. The number of nitrogens with zero attached hydrogens (tertiary/aromatic N) is 1. The van der Waals surface area contributed by atoms with Gasteiger partial charge in [0.25, 0.3) is 0 Å². The molecule has 0 fully saturated rings. The van der Waals surface area contributed by atoms with E-state index in [1.165, 1.54) is 36.8 Å². The minimum Gasteiger partial charge on any atom is -0.354 e. The molecule has 0 aliphatic heterocycles. The van der Waals surface area contributed by atoms with Gasteiger partial charge in [-0.05, 0) is 57.2 Å². The quantitative estimate of drug-likeness (QED) is 0.811. The van der Waals surface area contributed by atoms with E-state index in [2.05, 4.69) is 34.5 Å². The zero-order valence-corrected chi connectivity index (χ0v) is 13.6. The molecular weight excluding hydrogens is 262 g/mol. The maximum atomic E-state index is 11.7. The van der Waals surface area contributed by atoms with E-state index in [4.69, 9.17) is 0 Å². The van der Waals surface area contributed by atoms with Crippen LogP contribution in [-0.2, 0) is 17.8 Å². The molecule has 1 amide bonds. The number of carbonyl (C=O) groups excluding carboxylic acids is 1. The maximum Gasteiger partial charge on any atom is 0.221 e. The van der Waals surface area contributed by atoms with Crippen LogP contribution in [0.2, 0.25) is 0 Å². The highest BCUT2D eigenvalue weighted by molar-refractivity contribution is 5.76. The average molecular weight is 291 g/mol. The van der Waals surface area contributed by atoms with E-state index >= 15 is 0 Å². The second-order valence-electron chi connectivity index (χ2n) is 6.35. The third-order valence-corrected chi connectivity index (χ3v) is 4.00. The molecule has 1 aliphatic carbocycles. The van der Waals surface area contributed by atoms with Gasteiger partial charge in [0.2, 0.25) is 5.91 Å². The third-order valence-electron chi connectivity index (χ3n) is 4.00. The second kappa shape index (κ2) is 7.64. The highest BCUT2D eigenvalue weighted by Crippen LogP contribution is 2.30. The molecular formula is C17H29N3O. The lowest BCUT2D eigenvalue weighted by atomic mass is 9.91. The lowest BCUT2D eigenvalue weighted by Crippen LogP contribution is -2.30. The van der Waals surface area contributed by atoms with Crippen molar-refractivity contribution < 1.29 is 4.79 Å². The van der Waals surface area contributed by atoms with Crippen LogP contribution in [-0.4, -0.2) is 23.1 Å². The van der Waals surface area contributed by atoms with Gasteiger partial charge in [0.1, 0.15) is 0 Å². The number of nitrogens with one attached hydrogen (secondary N) is 2. The molecule has 0 saturated heterocycles. The van der Waals surface area contributed by atoms with E-state index in [1.807, 2.05) is 13.8 Å². The molecule has 0 saturated carbocycles. The van der Waals surface area contributed by atoms with Crippen molar-refractivity contribution in [3.8, 4) is 0 Å². The average Bonchev–Trinajstić information content (AvgIpc) is 2.85. The van der Waals surface area contributed by atoms with E-state index in [0.717, 1.165) is 13.1 Å². The SMILES string of the molecule is CCCNC1CCCc2cn(CCC(=O)NC(C)C)cc21. The number of hydrogen-bond donors (Lipinski definition) is 2. The Kier molecular flexibility index (Phi) is 5.85. The van der Waals surface area contributed by atoms with Crippen LogP contribution in [0, 0.1) is 0 Å². The first kappa shape index (κ1) is 16.1. The van der Waals surface area contributed by atoms with Gasteiger partial charge in [-0.25, -0.2) is 0 Å². The van der Waals surface area contributed by atoms with Gasteiger partial charge in [0.05, 0.1) is 0 Å². The highest BCUT2D eigenvalue weighted by Gasteiger charge is 2.21. The maximum absolute atomic E-state index is 11.7. The molecule has 21 heavy (non-hydrogen) atoms. The Morgan fingerprint density at radius 3 is 2.95 bits per heavy atom. The van der Waals surface area contributed by atoms with E-state index in [9.17, 15) is 4.79 Å². The van der Waals surface area contributed by atoms with Crippen molar-refractivity contribution in [2.45, 2.75) is 71.5 Å². The molecule has 1 heterocycles. The van der Waals surface area contributed by atoms with Crippen LogP contribution in [0.1, 0.15) is 63.6 Å². The molecule has 1 unspecified atom stereocenters. The summed E-state index contributed by atoms with van der Waals surface area (Å²) in [5, 5.41) is 6.59. The van der Waals surface area contributed by atoms with Crippen molar-refractivity contribution in [1.82, 2.24) is 15.2 Å². The predicted molar refractivity (Wildman–Crippen MR) is 86.3 cm³/mol. The zero-order chi connectivity index (χ0) is 15.2. The Morgan fingerprint density at radius 1 is 1.43 bits per heavy atom. The largest absolute Gasteiger partial charge is 0.354 e. The van der Waals surface area contributed by atoms with Crippen LogP contribution in [0.4, 0.5) is 0 Å². The molecule has 1 atom stereocenters. The van der Waals surface area contributed by atoms with Crippen molar-refractivity contribution in [3.05, 3.63) is 23.5 Å². The molecule has 118 valence electrons. The summed E-state index contributed by atoms with van der Waals surface area (Å²) in [6.07, 6.45) is 9.85. The number of aryl methyl sites for hydroxylation is 2. The summed E-state index contributed by atoms with van der Waals surface area (Å²) < 4.78 is 2.19. The number of amides is 1. The van der Waals surface area contributed by atoms with Gasteiger partial charge < -0.3 is 15.2 Å². The number of rotatable bonds is 7. The van der Waals surface area contributed by atoms with Gasteiger partial charge in [0, 0.05) is 37.4 Å². The molecule has 0 aromatic carbocycles. The minimum absolute atomic E-state index is 0.136. The fraction of sp³-hybridized carbons (Fsp3) is 0.706. The molecule has 1 aromatic heterocycles. The minimum atomic E-state index is 0.136. The van der Waals surface area contributed by atoms with Crippen molar-refractivity contribution in [2.75, 3.05) is 6.54 Å². The van der Waals surface area contributed by atoms with Crippen LogP contribution < -0.4 is 10.6 Å². The van der Waals surface area contributed by atoms with Crippen molar-refractivity contribution >= 4 is 5.91 Å².